The molecule has 1 N–H and O–H groups in total. The summed E-state index contributed by atoms with van der Waals surface area (Å²) in [5.41, 5.74) is -4.30. The van der Waals surface area contributed by atoms with Crippen LogP contribution in [0.1, 0.15) is 27.0 Å². The zero-order valence-corrected chi connectivity index (χ0v) is 12.3. The Balaban J connectivity index is 2.57. The van der Waals surface area contributed by atoms with Crippen molar-refractivity contribution in [2.45, 2.75) is 19.0 Å². The molecule has 134 valence electrons. The second-order valence-corrected chi connectivity index (χ2v) is 4.98. The summed E-state index contributed by atoms with van der Waals surface area (Å²) in [5.74, 6) is -3.11. The Hall–Kier alpha value is -2.71. The molecule has 0 heterocycles. The van der Waals surface area contributed by atoms with Crippen LogP contribution in [0.3, 0.4) is 0 Å². The van der Waals surface area contributed by atoms with Gasteiger partial charge >= 0.3 is 18.3 Å². The van der Waals surface area contributed by atoms with Gasteiger partial charge in [-0.25, -0.2) is 4.79 Å². The van der Waals surface area contributed by atoms with E-state index in [1.54, 1.807) is 18.2 Å². The number of benzene rings is 2. The molecule has 0 fully saturated rings. The lowest BCUT2D eigenvalue weighted by molar-refractivity contribution is -0.144. The highest BCUT2D eigenvalue weighted by atomic mass is 19.4. The zero-order valence-electron chi connectivity index (χ0n) is 12.3. The molecule has 0 saturated carbocycles. The first-order chi connectivity index (χ1) is 11.5. The summed E-state index contributed by atoms with van der Waals surface area (Å²) in [4.78, 5) is 11.2. The van der Waals surface area contributed by atoms with Crippen molar-refractivity contribution >= 4 is 5.97 Å². The van der Waals surface area contributed by atoms with Crippen molar-refractivity contribution in [3.05, 3.63) is 64.7 Å². The molecular weight excluding hydrogens is 354 g/mol. The van der Waals surface area contributed by atoms with Gasteiger partial charge in [0.2, 0.25) is 0 Å². The second kappa shape index (κ2) is 6.66. The van der Waals surface area contributed by atoms with Crippen molar-refractivity contribution in [1.29, 1.82) is 0 Å². The molecule has 0 spiro atoms. The van der Waals surface area contributed by atoms with Crippen LogP contribution in [0.4, 0.5) is 26.3 Å². The van der Waals surface area contributed by atoms with Crippen LogP contribution in [0.2, 0.25) is 0 Å². The summed E-state index contributed by atoms with van der Waals surface area (Å²) in [5, 5.41) is 9.03. The third kappa shape index (κ3) is 4.43. The van der Waals surface area contributed by atoms with Crippen molar-refractivity contribution in [2.75, 3.05) is 0 Å². The first-order valence-corrected chi connectivity index (χ1v) is 6.72. The quantitative estimate of drug-likeness (QED) is 0.777. The number of alkyl halides is 6. The summed E-state index contributed by atoms with van der Waals surface area (Å²) < 4.78 is 82.7. The van der Waals surface area contributed by atoms with Gasteiger partial charge in [-0.1, -0.05) is 30.3 Å². The van der Waals surface area contributed by atoms with Crippen molar-refractivity contribution in [2.24, 2.45) is 0 Å². The molecule has 2 aromatic rings. The summed E-state index contributed by atoms with van der Waals surface area (Å²) in [6, 6.07) is 7.79. The SMILES string of the molecule is O=C(O)c1cc(C(F)(F)F)cc(C(F)(F)F)c1OCc1ccccc1. The highest BCUT2D eigenvalue weighted by Gasteiger charge is 2.41. The molecule has 3 nitrogen and oxygen atoms in total. The van der Waals surface area contributed by atoms with Crippen LogP contribution in [0, 0.1) is 0 Å². The lowest BCUT2D eigenvalue weighted by Crippen LogP contribution is -2.16. The molecule has 9 heteroatoms. The van der Waals surface area contributed by atoms with E-state index in [-0.39, 0.29) is 12.1 Å². The number of carboxylic acids is 1. The predicted molar refractivity (Wildman–Crippen MR) is 74.2 cm³/mol. The number of hydrogen-bond acceptors (Lipinski definition) is 2. The number of carboxylic acid groups (broad SMARTS) is 1. The van der Waals surface area contributed by atoms with Gasteiger partial charge in [0.15, 0.2) is 0 Å². The van der Waals surface area contributed by atoms with E-state index in [0.29, 0.717) is 5.56 Å². The average molecular weight is 364 g/mol. The number of hydrogen-bond donors (Lipinski definition) is 1. The van der Waals surface area contributed by atoms with E-state index in [9.17, 15) is 31.1 Å². The van der Waals surface area contributed by atoms with E-state index in [4.69, 9.17) is 9.84 Å². The summed E-state index contributed by atoms with van der Waals surface area (Å²) in [7, 11) is 0. The number of rotatable bonds is 4. The molecule has 0 saturated heterocycles. The largest absolute Gasteiger partial charge is 0.487 e. The van der Waals surface area contributed by atoms with Gasteiger partial charge < -0.3 is 9.84 Å². The Morgan fingerprint density at radius 1 is 0.960 bits per heavy atom. The first kappa shape index (κ1) is 18.6. The van der Waals surface area contributed by atoms with Gasteiger partial charge in [0.1, 0.15) is 17.9 Å². The van der Waals surface area contributed by atoms with Crippen LogP contribution in [-0.4, -0.2) is 11.1 Å². The minimum atomic E-state index is -5.22. The molecule has 0 amide bonds. The van der Waals surface area contributed by atoms with Crippen LogP contribution in [-0.2, 0) is 19.0 Å². The lowest BCUT2D eigenvalue weighted by atomic mass is 10.0. The van der Waals surface area contributed by atoms with Crippen molar-refractivity contribution in [3.63, 3.8) is 0 Å². The molecule has 0 aliphatic heterocycles. The maximum absolute atomic E-state index is 13.1. The molecule has 2 aromatic carbocycles. The van der Waals surface area contributed by atoms with E-state index in [1.165, 1.54) is 12.1 Å². The number of carbonyl (C=O) groups is 1. The predicted octanol–water partition coefficient (Wildman–Crippen LogP) is 5.00. The molecule has 0 bridgehead atoms. The molecule has 25 heavy (non-hydrogen) atoms. The molecule has 0 aliphatic carbocycles. The number of halogens is 6. The normalized spacial score (nSPS) is 12.1. The highest BCUT2D eigenvalue weighted by Crippen LogP contribution is 2.42. The fourth-order valence-electron chi connectivity index (χ4n) is 2.05. The Kier molecular flexibility index (Phi) is 4.96. The standard InChI is InChI=1S/C16H10F6O3/c17-15(18,19)10-6-11(14(23)24)13(12(7-10)16(20,21)22)25-8-9-4-2-1-3-5-9/h1-7H,8H2,(H,23,24). The average Bonchev–Trinajstić information content (AvgIpc) is 2.51. The van der Waals surface area contributed by atoms with E-state index in [0.717, 1.165) is 0 Å². The van der Waals surface area contributed by atoms with Gasteiger partial charge in [-0.2, -0.15) is 26.3 Å². The minimum absolute atomic E-state index is 0.123. The van der Waals surface area contributed by atoms with Crippen molar-refractivity contribution in [3.8, 4) is 5.75 Å². The second-order valence-electron chi connectivity index (χ2n) is 4.98. The van der Waals surface area contributed by atoms with E-state index in [2.05, 4.69) is 0 Å². The number of aromatic carboxylic acids is 1. The minimum Gasteiger partial charge on any atom is -0.487 e. The Morgan fingerprint density at radius 2 is 1.56 bits per heavy atom. The Labute approximate surface area is 137 Å². The smallest absolute Gasteiger partial charge is 0.420 e. The third-order valence-corrected chi connectivity index (χ3v) is 3.18. The van der Waals surface area contributed by atoms with Crippen LogP contribution in [0.5, 0.6) is 5.75 Å². The molecule has 0 atom stereocenters. The van der Waals surface area contributed by atoms with E-state index in [1.807, 2.05) is 0 Å². The fraction of sp³-hybridized carbons (Fsp3) is 0.188. The van der Waals surface area contributed by atoms with Gasteiger partial charge in [-0.3, -0.25) is 0 Å². The Bertz CT molecular complexity index is 766. The van der Waals surface area contributed by atoms with Gasteiger partial charge in [-0.15, -0.1) is 0 Å². The lowest BCUT2D eigenvalue weighted by Gasteiger charge is -2.19. The van der Waals surface area contributed by atoms with Gasteiger partial charge in [0.05, 0.1) is 11.1 Å². The zero-order chi connectivity index (χ0) is 18.8. The summed E-state index contributed by atoms with van der Waals surface area (Å²) in [6.45, 7) is -0.435. The Morgan fingerprint density at radius 3 is 2.04 bits per heavy atom. The van der Waals surface area contributed by atoms with Crippen molar-refractivity contribution < 1.29 is 41.0 Å². The van der Waals surface area contributed by atoms with Crippen LogP contribution in [0.15, 0.2) is 42.5 Å². The van der Waals surface area contributed by atoms with E-state index >= 15 is 0 Å². The molecule has 2 rings (SSSR count). The van der Waals surface area contributed by atoms with Crippen LogP contribution < -0.4 is 4.74 Å². The first-order valence-electron chi connectivity index (χ1n) is 6.72. The van der Waals surface area contributed by atoms with Gasteiger partial charge in [-0.05, 0) is 17.7 Å². The molecule has 0 aromatic heterocycles. The molecule has 0 unspecified atom stereocenters. The van der Waals surface area contributed by atoms with E-state index < -0.39 is 47.4 Å². The summed E-state index contributed by atoms with van der Waals surface area (Å²) in [6.07, 6.45) is -10.4. The van der Waals surface area contributed by atoms with Crippen LogP contribution in [0.25, 0.3) is 0 Å². The highest BCUT2D eigenvalue weighted by molar-refractivity contribution is 5.92. The third-order valence-electron chi connectivity index (χ3n) is 3.18. The van der Waals surface area contributed by atoms with Gasteiger partial charge in [0.25, 0.3) is 0 Å². The monoisotopic (exact) mass is 364 g/mol. The fourth-order valence-corrected chi connectivity index (χ4v) is 2.05. The van der Waals surface area contributed by atoms with Crippen LogP contribution >= 0.6 is 0 Å². The number of ether oxygens (including phenoxy) is 1. The maximum atomic E-state index is 13.1. The molecular formula is C16H10F6O3. The topological polar surface area (TPSA) is 46.5 Å². The maximum Gasteiger partial charge on any atom is 0.420 e. The molecule has 0 radical (unpaired) electrons. The summed E-state index contributed by atoms with van der Waals surface area (Å²) >= 11 is 0. The van der Waals surface area contributed by atoms with Gasteiger partial charge in [0, 0.05) is 0 Å². The molecule has 0 aliphatic rings. The van der Waals surface area contributed by atoms with Crippen molar-refractivity contribution in [1.82, 2.24) is 0 Å².